The van der Waals surface area contributed by atoms with Gasteiger partial charge in [0, 0.05) is 44.8 Å². The van der Waals surface area contributed by atoms with Gasteiger partial charge in [-0.2, -0.15) is 0 Å². The number of amides is 1. The van der Waals surface area contributed by atoms with Crippen molar-refractivity contribution in [3.05, 3.63) is 12.2 Å². The van der Waals surface area contributed by atoms with E-state index in [1.807, 2.05) is 0 Å². The molecule has 4 heteroatoms. The van der Waals surface area contributed by atoms with Crippen LogP contribution in [0.3, 0.4) is 0 Å². The average molecular weight is 197 g/mol. The maximum absolute atomic E-state index is 11.1. The van der Waals surface area contributed by atoms with Gasteiger partial charge in [-0.15, -0.1) is 0 Å². The van der Waals surface area contributed by atoms with Crippen LogP contribution in [0.25, 0.3) is 0 Å². The fourth-order valence-corrected chi connectivity index (χ4v) is 1.41. The van der Waals surface area contributed by atoms with Gasteiger partial charge in [-0.05, 0) is 6.92 Å². The average Bonchev–Trinajstić information content (AvgIpc) is 2.19. The highest BCUT2D eigenvalue weighted by Crippen LogP contribution is 1.91. The number of carbonyl (C=O) groups excluding carboxylic acids is 1. The number of nitrogens with zero attached hydrogens (tertiary/aromatic N) is 1. The summed E-state index contributed by atoms with van der Waals surface area (Å²) in [6, 6.07) is 0. The third-order valence-electron chi connectivity index (χ3n) is 2.31. The van der Waals surface area contributed by atoms with Gasteiger partial charge < -0.3 is 10.6 Å². The van der Waals surface area contributed by atoms with E-state index in [0.29, 0.717) is 12.1 Å². The number of nitrogens with one attached hydrogen (secondary N) is 2. The molecule has 14 heavy (non-hydrogen) atoms. The third-order valence-corrected chi connectivity index (χ3v) is 2.31. The summed E-state index contributed by atoms with van der Waals surface area (Å²) in [7, 11) is 0. The summed E-state index contributed by atoms with van der Waals surface area (Å²) in [5.74, 6) is -0.0415. The van der Waals surface area contributed by atoms with Gasteiger partial charge in [0.2, 0.25) is 5.91 Å². The summed E-state index contributed by atoms with van der Waals surface area (Å²) in [4.78, 5) is 13.5. The van der Waals surface area contributed by atoms with Crippen molar-refractivity contribution in [2.75, 3.05) is 39.3 Å². The van der Waals surface area contributed by atoms with Crippen LogP contribution in [0, 0.1) is 0 Å². The Hall–Kier alpha value is -0.870. The molecule has 1 aliphatic rings. The van der Waals surface area contributed by atoms with Gasteiger partial charge in [0.05, 0.1) is 0 Å². The minimum atomic E-state index is -0.0415. The predicted octanol–water partition coefficient (Wildman–Crippen LogP) is -0.416. The first-order valence-electron chi connectivity index (χ1n) is 5.07. The molecule has 1 heterocycles. The molecule has 0 bridgehead atoms. The lowest BCUT2D eigenvalue weighted by molar-refractivity contribution is -0.117. The fourth-order valence-electron chi connectivity index (χ4n) is 1.41. The molecule has 0 radical (unpaired) electrons. The lowest BCUT2D eigenvalue weighted by Crippen LogP contribution is -2.46. The van der Waals surface area contributed by atoms with Gasteiger partial charge >= 0.3 is 0 Å². The molecule has 0 aromatic heterocycles. The molecule has 0 aliphatic carbocycles. The number of piperazine rings is 1. The van der Waals surface area contributed by atoms with Gasteiger partial charge in [-0.1, -0.05) is 6.58 Å². The molecule has 1 fully saturated rings. The Morgan fingerprint density at radius 2 is 2.14 bits per heavy atom. The monoisotopic (exact) mass is 197 g/mol. The predicted molar refractivity (Wildman–Crippen MR) is 57.1 cm³/mol. The van der Waals surface area contributed by atoms with Crippen LogP contribution in [0.2, 0.25) is 0 Å². The highest BCUT2D eigenvalue weighted by Gasteiger charge is 2.09. The third kappa shape index (κ3) is 3.89. The molecule has 80 valence electrons. The van der Waals surface area contributed by atoms with Crippen LogP contribution in [0.1, 0.15) is 6.92 Å². The molecule has 0 aromatic carbocycles. The Labute approximate surface area is 85.3 Å². The van der Waals surface area contributed by atoms with Gasteiger partial charge in [0.15, 0.2) is 0 Å². The number of carbonyl (C=O) groups is 1. The second-order valence-electron chi connectivity index (χ2n) is 3.63. The second kappa shape index (κ2) is 5.78. The number of hydrogen-bond acceptors (Lipinski definition) is 3. The van der Waals surface area contributed by atoms with Gasteiger partial charge in [-0.3, -0.25) is 9.69 Å². The van der Waals surface area contributed by atoms with Crippen molar-refractivity contribution in [1.29, 1.82) is 0 Å². The molecule has 1 saturated heterocycles. The molecular formula is C10H19N3O. The first kappa shape index (κ1) is 11.2. The molecule has 4 nitrogen and oxygen atoms in total. The molecule has 0 unspecified atom stereocenters. The van der Waals surface area contributed by atoms with Crippen molar-refractivity contribution < 1.29 is 4.79 Å². The minimum Gasteiger partial charge on any atom is -0.351 e. The highest BCUT2D eigenvalue weighted by molar-refractivity contribution is 5.92. The van der Waals surface area contributed by atoms with Crippen molar-refractivity contribution in [2.45, 2.75) is 6.92 Å². The summed E-state index contributed by atoms with van der Waals surface area (Å²) in [5.41, 5.74) is 0.574. The Bertz CT molecular complexity index is 209. The Morgan fingerprint density at radius 3 is 2.71 bits per heavy atom. The van der Waals surface area contributed by atoms with E-state index < -0.39 is 0 Å². The Balaban J connectivity index is 2.08. The van der Waals surface area contributed by atoms with Crippen molar-refractivity contribution >= 4 is 5.91 Å². The zero-order valence-corrected chi connectivity index (χ0v) is 8.81. The van der Waals surface area contributed by atoms with Crippen molar-refractivity contribution in [2.24, 2.45) is 0 Å². The summed E-state index contributed by atoms with van der Waals surface area (Å²) in [6.07, 6.45) is 0. The molecule has 1 aliphatic heterocycles. The first-order valence-corrected chi connectivity index (χ1v) is 5.07. The molecule has 0 spiro atoms. The summed E-state index contributed by atoms with van der Waals surface area (Å²) in [6.45, 7) is 11.2. The molecule has 1 amide bonds. The summed E-state index contributed by atoms with van der Waals surface area (Å²) >= 11 is 0. The molecular weight excluding hydrogens is 178 g/mol. The van der Waals surface area contributed by atoms with Crippen LogP contribution < -0.4 is 10.6 Å². The van der Waals surface area contributed by atoms with E-state index in [0.717, 1.165) is 32.7 Å². The van der Waals surface area contributed by atoms with Crippen LogP contribution in [0.15, 0.2) is 12.2 Å². The number of rotatable bonds is 4. The molecule has 0 aromatic rings. The maximum Gasteiger partial charge on any atom is 0.246 e. The standard InChI is InChI=1S/C10H19N3O/c1-9(2)10(14)12-5-8-13-6-3-11-4-7-13/h11H,1,3-8H2,2H3,(H,12,14). The lowest BCUT2D eigenvalue weighted by Gasteiger charge is -2.27. The van der Waals surface area contributed by atoms with Gasteiger partial charge in [0.25, 0.3) is 0 Å². The van der Waals surface area contributed by atoms with E-state index in [1.165, 1.54) is 0 Å². The minimum absolute atomic E-state index is 0.0415. The van der Waals surface area contributed by atoms with Crippen molar-refractivity contribution in [3.8, 4) is 0 Å². The van der Waals surface area contributed by atoms with Crippen molar-refractivity contribution in [1.82, 2.24) is 15.5 Å². The first-order chi connectivity index (χ1) is 6.70. The van der Waals surface area contributed by atoms with E-state index in [2.05, 4.69) is 22.1 Å². The zero-order chi connectivity index (χ0) is 10.4. The molecule has 0 saturated carbocycles. The van der Waals surface area contributed by atoms with Crippen LogP contribution in [-0.4, -0.2) is 50.1 Å². The van der Waals surface area contributed by atoms with Crippen LogP contribution in [0.4, 0.5) is 0 Å². The lowest BCUT2D eigenvalue weighted by atomic mass is 10.3. The summed E-state index contributed by atoms with van der Waals surface area (Å²) in [5, 5.41) is 6.12. The van der Waals surface area contributed by atoms with E-state index in [9.17, 15) is 4.79 Å². The zero-order valence-electron chi connectivity index (χ0n) is 8.81. The quantitative estimate of drug-likeness (QED) is 0.602. The number of hydrogen-bond donors (Lipinski definition) is 2. The maximum atomic E-state index is 11.1. The Morgan fingerprint density at radius 1 is 1.50 bits per heavy atom. The Kier molecular flexibility index (Phi) is 4.62. The SMILES string of the molecule is C=C(C)C(=O)NCCN1CCNCC1. The molecule has 0 atom stereocenters. The largest absolute Gasteiger partial charge is 0.351 e. The topological polar surface area (TPSA) is 44.4 Å². The van der Waals surface area contributed by atoms with E-state index >= 15 is 0 Å². The van der Waals surface area contributed by atoms with Crippen LogP contribution in [0.5, 0.6) is 0 Å². The smallest absolute Gasteiger partial charge is 0.246 e. The van der Waals surface area contributed by atoms with E-state index in [1.54, 1.807) is 6.92 Å². The van der Waals surface area contributed by atoms with E-state index in [4.69, 9.17) is 0 Å². The second-order valence-corrected chi connectivity index (χ2v) is 3.63. The van der Waals surface area contributed by atoms with Crippen LogP contribution in [-0.2, 0) is 4.79 Å². The molecule has 2 N–H and O–H groups in total. The van der Waals surface area contributed by atoms with Gasteiger partial charge in [-0.25, -0.2) is 0 Å². The molecule has 1 rings (SSSR count). The fraction of sp³-hybridized carbons (Fsp3) is 0.700. The highest BCUT2D eigenvalue weighted by atomic mass is 16.1. The van der Waals surface area contributed by atoms with Gasteiger partial charge in [0.1, 0.15) is 0 Å². The van der Waals surface area contributed by atoms with E-state index in [-0.39, 0.29) is 5.91 Å². The summed E-state index contributed by atoms with van der Waals surface area (Å²) < 4.78 is 0. The van der Waals surface area contributed by atoms with Crippen LogP contribution >= 0.6 is 0 Å². The normalized spacial score (nSPS) is 17.8. The van der Waals surface area contributed by atoms with Crippen molar-refractivity contribution in [3.63, 3.8) is 0 Å².